The van der Waals surface area contributed by atoms with Crippen molar-refractivity contribution in [3.63, 3.8) is 0 Å². The first-order valence-corrected chi connectivity index (χ1v) is 8.42. The number of likely N-dealkylation sites (tertiary alicyclic amines) is 1. The van der Waals surface area contributed by atoms with Gasteiger partial charge >= 0.3 is 5.97 Å². The molecule has 0 amide bonds. The molecule has 22 heavy (non-hydrogen) atoms. The lowest BCUT2D eigenvalue weighted by Crippen LogP contribution is -2.20. The van der Waals surface area contributed by atoms with Gasteiger partial charge in [0.2, 0.25) is 0 Å². The van der Waals surface area contributed by atoms with Crippen LogP contribution in [-0.2, 0) is 4.74 Å². The molecule has 1 aromatic rings. The molecule has 4 nitrogen and oxygen atoms in total. The van der Waals surface area contributed by atoms with E-state index in [1.165, 1.54) is 25.9 Å². The van der Waals surface area contributed by atoms with E-state index < -0.39 is 0 Å². The van der Waals surface area contributed by atoms with Gasteiger partial charge in [-0.15, -0.1) is 0 Å². The van der Waals surface area contributed by atoms with E-state index in [9.17, 15) is 4.79 Å². The lowest BCUT2D eigenvalue weighted by Gasteiger charge is -2.13. The Morgan fingerprint density at radius 3 is 2.50 bits per heavy atom. The Kier molecular flexibility index (Phi) is 7.23. The summed E-state index contributed by atoms with van der Waals surface area (Å²) in [5, 5.41) is 0. The molecule has 0 aromatic heterocycles. The molecule has 0 unspecified atom stereocenters. The molecule has 1 heterocycles. The highest BCUT2D eigenvalue weighted by atomic mass is 16.5. The summed E-state index contributed by atoms with van der Waals surface area (Å²) in [6.07, 6.45) is 5.65. The normalized spacial score (nSPS) is 15.0. The lowest BCUT2D eigenvalue weighted by atomic mass is 10.2. The van der Waals surface area contributed by atoms with Crippen LogP contribution in [-0.4, -0.2) is 43.7 Å². The largest absolute Gasteiger partial charge is 0.494 e. The highest BCUT2D eigenvalue weighted by molar-refractivity contribution is 5.89. The minimum Gasteiger partial charge on any atom is -0.494 e. The predicted molar refractivity (Wildman–Crippen MR) is 87.4 cm³/mol. The number of nitrogens with zero attached hydrogens (tertiary/aromatic N) is 1. The van der Waals surface area contributed by atoms with E-state index in [-0.39, 0.29) is 5.97 Å². The molecular weight excluding hydrogens is 278 g/mol. The molecule has 1 aliphatic rings. The molecule has 1 saturated heterocycles. The fraction of sp³-hybridized carbons (Fsp3) is 0.611. The first-order valence-electron chi connectivity index (χ1n) is 8.42. The number of carbonyl (C=O) groups is 1. The van der Waals surface area contributed by atoms with Crippen molar-refractivity contribution in [2.24, 2.45) is 0 Å². The van der Waals surface area contributed by atoms with E-state index >= 15 is 0 Å². The summed E-state index contributed by atoms with van der Waals surface area (Å²) in [5.41, 5.74) is 0.586. The van der Waals surface area contributed by atoms with Gasteiger partial charge in [-0.1, -0.05) is 6.92 Å². The van der Waals surface area contributed by atoms with Gasteiger partial charge in [-0.05, 0) is 76.0 Å². The van der Waals surface area contributed by atoms with Crippen LogP contribution in [0, 0.1) is 0 Å². The van der Waals surface area contributed by atoms with Crippen molar-refractivity contribution in [2.75, 3.05) is 32.8 Å². The van der Waals surface area contributed by atoms with Crippen molar-refractivity contribution < 1.29 is 14.3 Å². The van der Waals surface area contributed by atoms with Crippen molar-refractivity contribution in [2.45, 2.75) is 39.0 Å². The Labute approximate surface area is 133 Å². The molecule has 1 aromatic carbocycles. The highest BCUT2D eigenvalue weighted by Crippen LogP contribution is 2.13. The van der Waals surface area contributed by atoms with Crippen LogP contribution >= 0.6 is 0 Å². The number of hydrogen-bond donors (Lipinski definition) is 0. The molecule has 0 atom stereocenters. The predicted octanol–water partition coefficient (Wildman–Crippen LogP) is 3.51. The van der Waals surface area contributed by atoms with Gasteiger partial charge in [-0.25, -0.2) is 4.79 Å². The maximum Gasteiger partial charge on any atom is 0.338 e. The summed E-state index contributed by atoms with van der Waals surface area (Å²) in [4.78, 5) is 14.4. The molecule has 0 bridgehead atoms. The third kappa shape index (κ3) is 5.68. The Balaban J connectivity index is 1.61. The van der Waals surface area contributed by atoms with Crippen LogP contribution in [0.3, 0.4) is 0 Å². The van der Waals surface area contributed by atoms with Gasteiger partial charge in [-0.2, -0.15) is 0 Å². The average molecular weight is 305 g/mol. The van der Waals surface area contributed by atoms with E-state index in [0.29, 0.717) is 18.8 Å². The van der Waals surface area contributed by atoms with Crippen LogP contribution in [0.5, 0.6) is 5.75 Å². The zero-order valence-electron chi connectivity index (χ0n) is 13.6. The fourth-order valence-electron chi connectivity index (χ4n) is 2.60. The second-order valence-corrected chi connectivity index (χ2v) is 5.76. The van der Waals surface area contributed by atoms with E-state index in [1.807, 2.05) is 12.1 Å². The molecule has 2 rings (SSSR count). The van der Waals surface area contributed by atoms with Gasteiger partial charge < -0.3 is 14.4 Å². The van der Waals surface area contributed by atoms with Gasteiger partial charge in [-0.3, -0.25) is 0 Å². The number of unbranched alkanes of at least 4 members (excludes halogenated alkanes) is 1. The average Bonchev–Trinajstić information content (AvgIpc) is 3.06. The van der Waals surface area contributed by atoms with Crippen LogP contribution in [0.2, 0.25) is 0 Å². The van der Waals surface area contributed by atoms with E-state index in [1.54, 1.807) is 12.1 Å². The quantitative estimate of drug-likeness (QED) is 0.517. The molecule has 0 radical (unpaired) electrons. The topological polar surface area (TPSA) is 38.8 Å². The Morgan fingerprint density at radius 2 is 1.82 bits per heavy atom. The van der Waals surface area contributed by atoms with Crippen LogP contribution in [0.25, 0.3) is 0 Å². The standard InChI is InChI=1S/C18H27NO3/c1-2-14-21-17-9-7-16(8-10-17)18(20)22-15-6-5-13-19-11-3-4-12-19/h7-10H,2-6,11-15H2,1H3. The Bertz CT molecular complexity index is 438. The van der Waals surface area contributed by atoms with Gasteiger partial charge in [0.15, 0.2) is 0 Å². The molecule has 1 fully saturated rings. The van der Waals surface area contributed by atoms with Gasteiger partial charge in [0, 0.05) is 0 Å². The van der Waals surface area contributed by atoms with Crippen LogP contribution in [0.1, 0.15) is 49.4 Å². The van der Waals surface area contributed by atoms with E-state index in [0.717, 1.165) is 31.6 Å². The molecule has 1 aliphatic heterocycles. The zero-order chi connectivity index (χ0) is 15.6. The third-order valence-electron chi connectivity index (χ3n) is 3.86. The summed E-state index contributed by atoms with van der Waals surface area (Å²) >= 11 is 0. The maximum absolute atomic E-state index is 11.9. The first-order chi connectivity index (χ1) is 10.8. The summed E-state index contributed by atoms with van der Waals surface area (Å²) in [7, 11) is 0. The van der Waals surface area contributed by atoms with Gasteiger partial charge in [0.25, 0.3) is 0 Å². The lowest BCUT2D eigenvalue weighted by molar-refractivity contribution is 0.0496. The van der Waals surface area contributed by atoms with Crippen molar-refractivity contribution in [3.8, 4) is 5.75 Å². The molecule has 122 valence electrons. The molecule has 0 saturated carbocycles. The summed E-state index contributed by atoms with van der Waals surface area (Å²) in [5.74, 6) is 0.548. The Hall–Kier alpha value is -1.55. The van der Waals surface area contributed by atoms with Crippen molar-refractivity contribution in [3.05, 3.63) is 29.8 Å². The number of ether oxygens (including phenoxy) is 2. The van der Waals surface area contributed by atoms with E-state index in [4.69, 9.17) is 9.47 Å². The number of hydrogen-bond acceptors (Lipinski definition) is 4. The monoisotopic (exact) mass is 305 g/mol. The molecule has 0 N–H and O–H groups in total. The van der Waals surface area contributed by atoms with Crippen LogP contribution in [0.15, 0.2) is 24.3 Å². The summed E-state index contributed by atoms with van der Waals surface area (Å²) < 4.78 is 10.8. The minimum absolute atomic E-state index is 0.247. The third-order valence-corrected chi connectivity index (χ3v) is 3.86. The number of carbonyl (C=O) groups excluding carboxylic acids is 1. The van der Waals surface area contributed by atoms with E-state index in [2.05, 4.69) is 11.8 Å². The smallest absolute Gasteiger partial charge is 0.338 e. The van der Waals surface area contributed by atoms with Gasteiger partial charge in [0.05, 0.1) is 18.8 Å². The van der Waals surface area contributed by atoms with Gasteiger partial charge in [0.1, 0.15) is 5.75 Å². The van der Waals surface area contributed by atoms with Crippen LogP contribution in [0.4, 0.5) is 0 Å². The first kappa shape index (κ1) is 16.8. The molecule has 0 aliphatic carbocycles. The number of esters is 1. The summed E-state index contributed by atoms with van der Waals surface area (Å²) in [6.45, 7) is 6.84. The Morgan fingerprint density at radius 1 is 1.09 bits per heavy atom. The van der Waals surface area contributed by atoms with Crippen molar-refractivity contribution in [1.29, 1.82) is 0 Å². The van der Waals surface area contributed by atoms with Crippen molar-refractivity contribution in [1.82, 2.24) is 4.90 Å². The summed E-state index contributed by atoms with van der Waals surface area (Å²) in [6, 6.07) is 7.16. The zero-order valence-corrected chi connectivity index (χ0v) is 13.6. The molecule has 4 heteroatoms. The van der Waals surface area contributed by atoms with Crippen LogP contribution < -0.4 is 4.74 Å². The fourth-order valence-corrected chi connectivity index (χ4v) is 2.60. The SMILES string of the molecule is CCCOc1ccc(C(=O)OCCCCN2CCCC2)cc1. The molecule has 0 spiro atoms. The second kappa shape index (κ2) is 9.46. The van der Waals surface area contributed by atoms with Crippen molar-refractivity contribution >= 4 is 5.97 Å². The number of rotatable bonds is 9. The maximum atomic E-state index is 11.9. The second-order valence-electron chi connectivity index (χ2n) is 5.76. The highest BCUT2D eigenvalue weighted by Gasteiger charge is 2.11. The number of benzene rings is 1. The minimum atomic E-state index is -0.247. The molecular formula is C18H27NO3.